The zero-order valence-electron chi connectivity index (χ0n) is 13.3. The van der Waals surface area contributed by atoms with Gasteiger partial charge in [0.25, 0.3) is 5.91 Å². The standard InChI is InChI=1S/C17H18N4O2S/c1-10-14-12(20-21-17(18)24)8-5-9-13(14)23-15(10)16(22)19-11-6-3-2-4-7-11/h2-4,6-7H,5,8-9H2,1H3,(H,19,22)(H3,18,21,24)/b20-12+. The lowest BCUT2D eigenvalue weighted by Crippen LogP contribution is -2.26. The van der Waals surface area contributed by atoms with Crippen LogP contribution in [-0.2, 0) is 6.42 Å². The zero-order valence-corrected chi connectivity index (χ0v) is 14.1. The number of fused-ring (bicyclic) bond motifs is 1. The van der Waals surface area contributed by atoms with Crippen molar-refractivity contribution in [1.82, 2.24) is 5.43 Å². The van der Waals surface area contributed by atoms with Crippen molar-refractivity contribution in [2.45, 2.75) is 26.2 Å². The molecular weight excluding hydrogens is 324 g/mol. The highest BCUT2D eigenvalue weighted by molar-refractivity contribution is 7.80. The number of hydrazone groups is 1. The van der Waals surface area contributed by atoms with Gasteiger partial charge in [-0.3, -0.25) is 10.2 Å². The summed E-state index contributed by atoms with van der Waals surface area (Å²) in [6.07, 6.45) is 2.46. The number of hydrogen-bond donors (Lipinski definition) is 3. The molecule has 24 heavy (non-hydrogen) atoms. The van der Waals surface area contributed by atoms with Crippen LogP contribution in [0.2, 0.25) is 0 Å². The largest absolute Gasteiger partial charge is 0.455 e. The molecule has 0 aliphatic heterocycles. The Hall–Kier alpha value is -2.67. The molecule has 0 bridgehead atoms. The lowest BCUT2D eigenvalue weighted by molar-refractivity contribution is 0.0994. The van der Waals surface area contributed by atoms with E-state index in [9.17, 15) is 4.79 Å². The van der Waals surface area contributed by atoms with Gasteiger partial charge in [0.15, 0.2) is 10.9 Å². The number of aryl methyl sites for hydroxylation is 1. The van der Waals surface area contributed by atoms with Gasteiger partial charge in [0.05, 0.1) is 5.71 Å². The first-order valence-electron chi connectivity index (χ1n) is 7.67. The average molecular weight is 342 g/mol. The number of carbonyl (C=O) groups is 1. The van der Waals surface area contributed by atoms with Gasteiger partial charge >= 0.3 is 0 Å². The number of nitrogens with two attached hydrogens (primary N) is 1. The molecule has 4 N–H and O–H groups in total. The van der Waals surface area contributed by atoms with E-state index in [1.807, 2.05) is 37.3 Å². The van der Waals surface area contributed by atoms with Gasteiger partial charge in [-0.05, 0) is 44.1 Å². The molecule has 1 aliphatic rings. The lowest BCUT2D eigenvalue weighted by Gasteiger charge is -2.13. The summed E-state index contributed by atoms with van der Waals surface area (Å²) in [5.41, 5.74) is 11.2. The number of amides is 1. The van der Waals surface area contributed by atoms with E-state index in [4.69, 9.17) is 22.4 Å². The van der Waals surface area contributed by atoms with Crippen molar-refractivity contribution in [3.05, 3.63) is 53.0 Å². The van der Waals surface area contributed by atoms with Crippen LogP contribution < -0.4 is 16.5 Å². The van der Waals surface area contributed by atoms with Crippen LogP contribution in [-0.4, -0.2) is 16.7 Å². The van der Waals surface area contributed by atoms with Crippen LogP contribution in [0.1, 0.15) is 40.3 Å². The minimum absolute atomic E-state index is 0.109. The number of carbonyl (C=O) groups excluding carboxylic acids is 1. The molecule has 0 unspecified atom stereocenters. The van der Waals surface area contributed by atoms with Gasteiger partial charge in [-0.1, -0.05) is 18.2 Å². The summed E-state index contributed by atoms with van der Waals surface area (Å²) in [5, 5.41) is 7.20. The molecule has 2 aromatic rings. The Morgan fingerprint density at radius 2 is 2.04 bits per heavy atom. The lowest BCUT2D eigenvalue weighted by atomic mass is 9.93. The second-order valence-corrected chi connectivity index (χ2v) is 6.00. The van der Waals surface area contributed by atoms with E-state index in [1.165, 1.54) is 0 Å². The minimum atomic E-state index is -0.269. The van der Waals surface area contributed by atoms with E-state index < -0.39 is 0 Å². The summed E-state index contributed by atoms with van der Waals surface area (Å²) < 4.78 is 5.82. The van der Waals surface area contributed by atoms with E-state index in [-0.39, 0.29) is 11.0 Å². The van der Waals surface area contributed by atoms with Crippen molar-refractivity contribution in [2.75, 3.05) is 5.32 Å². The highest BCUT2D eigenvalue weighted by atomic mass is 32.1. The fourth-order valence-electron chi connectivity index (χ4n) is 2.83. The molecule has 7 heteroatoms. The van der Waals surface area contributed by atoms with Crippen molar-refractivity contribution in [3.8, 4) is 0 Å². The Kier molecular flexibility index (Phi) is 4.61. The third-order valence-electron chi connectivity index (χ3n) is 3.86. The Balaban J connectivity index is 1.90. The van der Waals surface area contributed by atoms with Gasteiger partial charge in [0.1, 0.15) is 5.76 Å². The van der Waals surface area contributed by atoms with Gasteiger partial charge in [-0.25, -0.2) is 0 Å². The predicted octanol–water partition coefficient (Wildman–Crippen LogP) is 2.71. The molecule has 124 valence electrons. The van der Waals surface area contributed by atoms with Crippen LogP contribution in [0.3, 0.4) is 0 Å². The number of anilines is 1. The average Bonchev–Trinajstić information content (AvgIpc) is 2.91. The third kappa shape index (κ3) is 3.30. The molecule has 0 fully saturated rings. The monoisotopic (exact) mass is 342 g/mol. The number of furan rings is 1. The first kappa shape index (κ1) is 16.2. The van der Waals surface area contributed by atoms with Crippen molar-refractivity contribution in [3.63, 3.8) is 0 Å². The van der Waals surface area contributed by atoms with E-state index >= 15 is 0 Å². The summed E-state index contributed by atoms with van der Waals surface area (Å²) in [5.74, 6) is 0.823. The maximum absolute atomic E-state index is 12.5. The Bertz CT molecular complexity index is 811. The fourth-order valence-corrected chi connectivity index (χ4v) is 2.87. The van der Waals surface area contributed by atoms with Crippen LogP contribution >= 0.6 is 12.2 Å². The molecule has 0 radical (unpaired) electrons. The van der Waals surface area contributed by atoms with E-state index in [0.717, 1.165) is 47.5 Å². The van der Waals surface area contributed by atoms with Crippen LogP contribution in [0.5, 0.6) is 0 Å². The van der Waals surface area contributed by atoms with Gasteiger partial charge in [-0.15, -0.1) is 0 Å². The number of nitrogens with one attached hydrogen (secondary N) is 2. The number of rotatable bonds is 3. The maximum Gasteiger partial charge on any atom is 0.291 e. The molecule has 0 saturated carbocycles. The summed E-state index contributed by atoms with van der Waals surface area (Å²) in [4.78, 5) is 12.5. The molecule has 1 heterocycles. The molecule has 6 nitrogen and oxygen atoms in total. The number of nitrogens with zero attached hydrogens (tertiary/aromatic N) is 1. The number of hydrogen-bond acceptors (Lipinski definition) is 4. The Labute approximate surface area is 145 Å². The SMILES string of the molecule is Cc1c(C(=O)Nc2ccccc2)oc2c1/C(=N/NC(N)=S)CCC2. The summed E-state index contributed by atoms with van der Waals surface area (Å²) in [6.45, 7) is 1.86. The van der Waals surface area contributed by atoms with Gasteiger partial charge in [0.2, 0.25) is 0 Å². The van der Waals surface area contributed by atoms with Gasteiger partial charge < -0.3 is 15.5 Å². The Morgan fingerprint density at radius 3 is 2.75 bits per heavy atom. The first-order chi connectivity index (χ1) is 11.6. The van der Waals surface area contributed by atoms with Crippen molar-refractivity contribution >= 4 is 34.6 Å². The van der Waals surface area contributed by atoms with Crippen LogP contribution in [0.25, 0.3) is 0 Å². The second-order valence-electron chi connectivity index (χ2n) is 5.56. The highest BCUT2D eigenvalue weighted by Gasteiger charge is 2.28. The molecule has 1 aliphatic carbocycles. The van der Waals surface area contributed by atoms with Crippen molar-refractivity contribution in [1.29, 1.82) is 0 Å². The molecule has 0 spiro atoms. The molecule has 1 aromatic carbocycles. The van der Waals surface area contributed by atoms with Gasteiger partial charge in [0, 0.05) is 23.2 Å². The predicted molar refractivity (Wildman–Crippen MR) is 97.2 cm³/mol. The normalized spacial score (nSPS) is 15.0. The smallest absolute Gasteiger partial charge is 0.291 e. The van der Waals surface area contributed by atoms with Crippen molar-refractivity contribution < 1.29 is 9.21 Å². The van der Waals surface area contributed by atoms with Gasteiger partial charge in [-0.2, -0.15) is 5.10 Å². The quantitative estimate of drug-likeness (QED) is 0.589. The summed E-state index contributed by atoms with van der Waals surface area (Å²) >= 11 is 4.79. The van der Waals surface area contributed by atoms with E-state index in [1.54, 1.807) is 0 Å². The summed E-state index contributed by atoms with van der Waals surface area (Å²) in [6, 6.07) is 9.28. The highest BCUT2D eigenvalue weighted by Crippen LogP contribution is 2.30. The van der Waals surface area contributed by atoms with Crippen LogP contribution in [0.4, 0.5) is 5.69 Å². The second kappa shape index (κ2) is 6.84. The summed E-state index contributed by atoms with van der Waals surface area (Å²) in [7, 11) is 0. The van der Waals surface area contributed by atoms with E-state index in [2.05, 4.69) is 15.8 Å². The molecular formula is C17H18N4O2S. The number of benzene rings is 1. The molecule has 0 saturated heterocycles. The molecule has 1 amide bonds. The minimum Gasteiger partial charge on any atom is -0.455 e. The maximum atomic E-state index is 12.5. The van der Waals surface area contributed by atoms with E-state index in [0.29, 0.717) is 5.76 Å². The molecule has 0 atom stereocenters. The number of thiocarbonyl (C=S) groups is 1. The number of para-hydroxylation sites is 1. The third-order valence-corrected chi connectivity index (χ3v) is 3.96. The Morgan fingerprint density at radius 1 is 1.29 bits per heavy atom. The zero-order chi connectivity index (χ0) is 17.1. The fraction of sp³-hybridized carbons (Fsp3) is 0.235. The van der Waals surface area contributed by atoms with Crippen LogP contribution in [0.15, 0.2) is 39.9 Å². The topological polar surface area (TPSA) is 92.6 Å². The van der Waals surface area contributed by atoms with Crippen molar-refractivity contribution in [2.24, 2.45) is 10.8 Å². The first-order valence-corrected chi connectivity index (χ1v) is 8.08. The molecule has 1 aromatic heterocycles. The molecule has 3 rings (SSSR count). The van der Waals surface area contributed by atoms with Crippen LogP contribution in [0, 0.1) is 6.92 Å².